The van der Waals surface area contributed by atoms with Gasteiger partial charge in [-0.2, -0.15) is 0 Å². The summed E-state index contributed by atoms with van der Waals surface area (Å²) in [7, 11) is 1.87. The van der Waals surface area contributed by atoms with E-state index in [1.807, 2.05) is 19.2 Å². The van der Waals surface area contributed by atoms with E-state index in [0.717, 1.165) is 29.2 Å². The molecule has 0 spiro atoms. The molecule has 4 nitrogen and oxygen atoms in total. The number of nitrogens with zero attached hydrogens (tertiary/aromatic N) is 2. The van der Waals surface area contributed by atoms with Crippen LogP contribution in [0.15, 0.2) is 12.1 Å². The number of hydrogen-bond donors (Lipinski definition) is 2. The van der Waals surface area contributed by atoms with Crippen LogP contribution in [0, 0.1) is 11.3 Å². The van der Waals surface area contributed by atoms with Crippen LogP contribution in [0.4, 0.5) is 5.82 Å². The van der Waals surface area contributed by atoms with Gasteiger partial charge < -0.3 is 10.3 Å². The van der Waals surface area contributed by atoms with Crippen molar-refractivity contribution in [2.45, 2.75) is 40.5 Å². The summed E-state index contributed by atoms with van der Waals surface area (Å²) in [6.45, 7) is 9.12. The Kier molecular flexibility index (Phi) is 3.78. The maximum atomic E-state index is 4.58. The number of fused-ring (bicyclic) bond motifs is 1. The van der Waals surface area contributed by atoms with Gasteiger partial charge >= 0.3 is 0 Å². The second-order valence-corrected chi connectivity index (χ2v) is 6.58. The summed E-state index contributed by atoms with van der Waals surface area (Å²) >= 11 is 0. The summed E-state index contributed by atoms with van der Waals surface area (Å²) in [5.41, 5.74) is 2.17. The Morgan fingerprint density at radius 2 is 2.00 bits per heavy atom. The Morgan fingerprint density at radius 1 is 1.26 bits per heavy atom. The number of aromatic nitrogens is 3. The maximum Gasteiger partial charge on any atom is 0.179 e. The van der Waals surface area contributed by atoms with Gasteiger partial charge in [-0.15, -0.1) is 0 Å². The van der Waals surface area contributed by atoms with Crippen LogP contribution in [-0.4, -0.2) is 22.0 Å². The molecular weight excluding hydrogens is 236 g/mol. The molecule has 0 amide bonds. The number of nitrogens with one attached hydrogen (secondary N) is 2. The molecule has 0 radical (unpaired) electrons. The fourth-order valence-electron chi connectivity index (χ4n) is 2.63. The first-order chi connectivity index (χ1) is 8.87. The highest BCUT2D eigenvalue weighted by Crippen LogP contribution is 2.26. The van der Waals surface area contributed by atoms with Crippen LogP contribution in [-0.2, 0) is 6.42 Å². The van der Waals surface area contributed by atoms with Crippen molar-refractivity contribution < 1.29 is 0 Å². The largest absolute Gasteiger partial charge is 0.373 e. The molecule has 0 bridgehead atoms. The summed E-state index contributed by atoms with van der Waals surface area (Å²) in [5.74, 6) is 2.50. The number of rotatable bonds is 4. The Balaban J connectivity index is 2.13. The number of H-pyrrole nitrogens is 1. The fourth-order valence-corrected chi connectivity index (χ4v) is 2.63. The topological polar surface area (TPSA) is 53.6 Å². The number of aromatic amines is 1. The molecule has 0 aliphatic carbocycles. The summed E-state index contributed by atoms with van der Waals surface area (Å²) in [5, 5.41) is 3.04. The molecule has 0 saturated heterocycles. The highest BCUT2D eigenvalue weighted by Gasteiger charge is 2.17. The number of hydrogen-bond acceptors (Lipinski definition) is 3. The Labute approximate surface area is 115 Å². The van der Waals surface area contributed by atoms with Gasteiger partial charge in [0.15, 0.2) is 5.65 Å². The molecule has 0 aromatic carbocycles. The zero-order valence-electron chi connectivity index (χ0n) is 12.5. The maximum absolute atomic E-state index is 4.58. The van der Waals surface area contributed by atoms with Crippen LogP contribution in [0.5, 0.6) is 0 Å². The monoisotopic (exact) mass is 260 g/mol. The molecule has 4 heteroatoms. The molecule has 0 aliphatic heterocycles. The van der Waals surface area contributed by atoms with E-state index in [1.165, 1.54) is 6.42 Å². The van der Waals surface area contributed by atoms with Gasteiger partial charge in [0.25, 0.3) is 0 Å². The van der Waals surface area contributed by atoms with Gasteiger partial charge in [-0.1, -0.05) is 27.7 Å². The zero-order chi connectivity index (χ0) is 14.0. The van der Waals surface area contributed by atoms with Crippen molar-refractivity contribution in [3.8, 4) is 0 Å². The van der Waals surface area contributed by atoms with Crippen LogP contribution in [0.25, 0.3) is 11.2 Å². The fraction of sp³-hybridized carbons (Fsp3) is 0.600. The average molecular weight is 260 g/mol. The lowest BCUT2D eigenvalue weighted by Gasteiger charge is -2.22. The van der Waals surface area contributed by atoms with Crippen LogP contribution in [0.1, 0.15) is 39.9 Å². The molecule has 0 aliphatic rings. The van der Waals surface area contributed by atoms with Crippen LogP contribution in [0.3, 0.4) is 0 Å². The lowest BCUT2D eigenvalue weighted by Crippen LogP contribution is -2.13. The van der Waals surface area contributed by atoms with E-state index >= 15 is 0 Å². The molecule has 0 saturated carbocycles. The first-order valence-corrected chi connectivity index (χ1v) is 6.91. The third kappa shape index (κ3) is 3.69. The van der Waals surface area contributed by atoms with Gasteiger partial charge in [0.2, 0.25) is 0 Å². The van der Waals surface area contributed by atoms with Crippen molar-refractivity contribution in [2.24, 2.45) is 11.3 Å². The van der Waals surface area contributed by atoms with E-state index in [2.05, 4.69) is 48.0 Å². The lowest BCUT2D eigenvalue weighted by atomic mass is 9.84. The first-order valence-electron chi connectivity index (χ1n) is 6.91. The average Bonchev–Trinajstić information content (AvgIpc) is 2.66. The molecule has 19 heavy (non-hydrogen) atoms. The molecule has 2 aromatic rings. The summed E-state index contributed by atoms with van der Waals surface area (Å²) in [4.78, 5) is 12.4. The van der Waals surface area contributed by atoms with Gasteiger partial charge in [0, 0.05) is 13.5 Å². The smallest absolute Gasteiger partial charge is 0.179 e. The molecule has 1 atom stereocenters. The molecule has 2 heterocycles. The Bertz CT molecular complexity index is 551. The minimum Gasteiger partial charge on any atom is -0.373 e. The van der Waals surface area contributed by atoms with Crippen molar-refractivity contribution >= 4 is 17.0 Å². The van der Waals surface area contributed by atoms with Gasteiger partial charge in [-0.25, -0.2) is 9.97 Å². The normalized spacial score (nSPS) is 13.7. The summed E-state index contributed by atoms with van der Waals surface area (Å²) in [6, 6.07) is 3.99. The zero-order valence-corrected chi connectivity index (χ0v) is 12.5. The minimum absolute atomic E-state index is 0.364. The number of imidazole rings is 1. The summed E-state index contributed by atoms with van der Waals surface area (Å²) in [6.07, 6.45) is 2.17. The van der Waals surface area contributed by atoms with Crippen LogP contribution >= 0.6 is 0 Å². The van der Waals surface area contributed by atoms with E-state index in [9.17, 15) is 0 Å². The van der Waals surface area contributed by atoms with Crippen molar-refractivity contribution in [2.75, 3.05) is 12.4 Å². The van der Waals surface area contributed by atoms with E-state index in [0.29, 0.717) is 11.3 Å². The minimum atomic E-state index is 0.364. The standard InChI is InChI=1S/C15H24N4/c1-10(9-15(2,3)4)8-13-17-11-6-7-12(16-5)18-14(11)19-13/h6-7,10H,8-9H2,1-5H3,(H2,16,17,18,19). The predicted octanol–water partition coefficient (Wildman–Crippen LogP) is 3.61. The van der Waals surface area contributed by atoms with Gasteiger partial charge in [-0.05, 0) is 29.9 Å². The van der Waals surface area contributed by atoms with Crippen molar-refractivity contribution in [3.63, 3.8) is 0 Å². The quantitative estimate of drug-likeness (QED) is 0.883. The first kappa shape index (κ1) is 13.8. The third-order valence-corrected chi connectivity index (χ3v) is 3.15. The molecule has 104 valence electrons. The third-order valence-electron chi connectivity index (χ3n) is 3.15. The Morgan fingerprint density at radius 3 is 2.63 bits per heavy atom. The SMILES string of the molecule is CNc1ccc2[nH]c(CC(C)CC(C)(C)C)nc2n1. The second kappa shape index (κ2) is 5.19. The van der Waals surface area contributed by atoms with E-state index in [1.54, 1.807) is 0 Å². The van der Waals surface area contributed by atoms with E-state index in [-0.39, 0.29) is 0 Å². The highest BCUT2D eigenvalue weighted by molar-refractivity contribution is 5.72. The van der Waals surface area contributed by atoms with Gasteiger partial charge in [-0.3, -0.25) is 0 Å². The molecule has 2 aromatic heterocycles. The molecular formula is C15H24N4. The number of pyridine rings is 1. The van der Waals surface area contributed by atoms with Gasteiger partial charge in [0.05, 0.1) is 5.52 Å². The van der Waals surface area contributed by atoms with Crippen molar-refractivity contribution in [1.29, 1.82) is 0 Å². The van der Waals surface area contributed by atoms with E-state index < -0.39 is 0 Å². The van der Waals surface area contributed by atoms with Gasteiger partial charge in [0.1, 0.15) is 11.6 Å². The predicted molar refractivity (Wildman–Crippen MR) is 80.4 cm³/mol. The molecule has 1 unspecified atom stereocenters. The number of anilines is 1. The molecule has 2 rings (SSSR count). The molecule has 0 fully saturated rings. The molecule has 2 N–H and O–H groups in total. The second-order valence-electron chi connectivity index (χ2n) is 6.58. The van der Waals surface area contributed by atoms with Crippen molar-refractivity contribution in [1.82, 2.24) is 15.0 Å². The van der Waals surface area contributed by atoms with E-state index in [4.69, 9.17) is 0 Å². The Hall–Kier alpha value is -1.58. The highest BCUT2D eigenvalue weighted by atomic mass is 15.0. The van der Waals surface area contributed by atoms with Crippen LogP contribution in [0.2, 0.25) is 0 Å². The summed E-state index contributed by atoms with van der Waals surface area (Å²) < 4.78 is 0. The van der Waals surface area contributed by atoms with Crippen molar-refractivity contribution in [3.05, 3.63) is 18.0 Å². The van der Waals surface area contributed by atoms with Crippen LogP contribution < -0.4 is 5.32 Å². The lowest BCUT2D eigenvalue weighted by molar-refractivity contribution is 0.304.